The third kappa shape index (κ3) is 4.03. The van der Waals surface area contributed by atoms with Gasteiger partial charge in [-0.15, -0.1) is 0 Å². The van der Waals surface area contributed by atoms with Crippen LogP contribution in [0.4, 0.5) is 8.78 Å². The van der Waals surface area contributed by atoms with E-state index in [1.165, 1.54) is 6.07 Å². The molecule has 4 rings (SSSR count). The first-order chi connectivity index (χ1) is 13.6. The van der Waals surface area contributed by atoms with Crippen LogP contribution in [0.3, 0.4) is 0 Å². The predicted molar refractivity (Wildman–Crippen MR) is 99.8 cm³/mol. The molecule has 0 radical (unpaired) electrons. The highest BCUT2D eigenvalue weighted by atomic mass is 19.3. The smallest absolute Gasteiger partial charge is 0.387 e. The van der Waals surface area contributed by atoms with E-state index in [1.54, 1.807) is 22.9 Å². The van der Waals surface area contributed by atoms with E-state index >= 15 is 0 Å². The topological polar surface area (TPSA) is 56.1 Å². The number of ether oxygens (including phenoxy) is 1. The molecule has 1 fully saturated rings. The molecule has 144 valence electrons. The summed E-state index contributed by atoms with van der Waals surface area (Å²) in [6, 6.07) is 17.6. The summed E-state index contributed by atoms with van der Waals surface area (Å²) in [5.41, 5.74) is 2.58. The van der Waals surface area contributed by atoms with Crippen molar-refractivity contribution in [1.29, 1.82) is 0 Å². The molecule has 7 heteroatoms. The lowest BCUT2D eigenvalue weighted by atomic mass is 10.2. The zero-order valence-electron chi connectivity index (χ0n) is 15.0. The molecule has 1 aliphatic rings. The van der Waals surface area contributed by atoms with Gasteiger partial charge in [-0.05, 0) is 37.1 Å². The number of hydrogen-bond donors (Lipinski definition) is 1. The van der Waals surface area contributed by atoms with Gasteiger partial charge in [0.15, 0.2) is 0 Å². The maximum Gasteiger partial charge on any atom is 0.387 e. The van der Waals surface area contributed by atoms with Crippen LogP contribution in [0.2, 0.25) is 0 Å². The molecule has 0 atom stereocenters. The van der Waals surface area contributed by atoms with Gasteiger partial charge in [-0.2, -0.15) is 13.9 Å². The van der Waals surface area contributed by atoms with Crippen LogP contribution in [0.15, 0.2) is 60.7 Å². The fourth-order valence-corrected chi connectivity index (χ4v) is 3.03. The fourth-order valence-electron chi connectivity index (χ4n) is 3.03. The SMILES string of the molecule is O=C(NCc1ccccc1OC(F)F)c1cc(C2CC2)nn1-c1ccccc1. The van der Waals surface area contributed by atoms with Crippen molar-refractivity contribution in [2.45, 2.75) is 31.9 Å². The number of aromatic nitrogens is 2. The largest absolute Gasteiger partial charge is 0.434 e. The van der Waals surface area contributed by atoms with Gasteiger partial charge in [0, 0.05) is 18.0 Å². The average molecular weight is 383 g/mol. The summed E-state index contributed by atoms with van der Waals surface area (Å²) in [5.74, 6) is 0.125. The highest BCUT2D eigenvalue weighted by molar-refractivity contribution is 5.93. The molecule has 1 aliphatic carbocycles. The van der Waals surface area contributed by atoms with Crippen molar-refractivity contribution in [3.8, 4) is 11.4 Å². The highest BCUT2D eigenvalue weighted by Gasteiger charge is 2.29. The lowest BCUT2D eigenvalue weighted by Gasteiger charge is -2.12. The second-order valence-corrected chi connectivity index (χ2v) is 6.64. The molecule has 28 heavy (non-hydrogen) atoms. The summed E-state index contributed by atoms with van der Waals surface area (Å²) in [6.07, 6.45) is 2.15. The van der Waals surface area contributed by atoms with Crippen molar-refractivity contribution in [2.24, 2.45) is 0 Å². The van der Waals surface area contributed by atoms with E-state index in [2.05, 4.69) is 15.2 Å². The second-order valence-electron chi connectivity index (χ2n) is 6.64. The van der Waals surface area contributed by atoms with E-state index < -0.39 is 6.61 Å². The van der Waals surface area contributed by atoms with Crippen LogP contribution in [0, 0.1) is 0 Å². The minimum Gasteiger partial charge on any atom is -0.434 e. The zero-order valence-corrected chi connectivity index (χ0v) is 15.0. The first kappa shape index (κ1) is 18.2. The summed E-state index contributed by atoms with van der Waals surface area (Å²) in [5, 5.41) is 7.39. The first-order valence-electron chi connectivity index (χ1n) is 9.08. The third-order valence-electron chi connectivity index (χ3n) is 4.59. The van der Waals surface area contributed by atoms with Crippen LogP contribution in [0.1, 0.15) is 40.5 Å². The molecule has 0 spiro atoms. The predicted octanol–water partition coefficient (Wildman–Crippen LogP) is 4.28. The number of carbonyl (C=O) groups is 1. The van der Waals surface area contributed by atoms with E-state index in [1.807, 2.05) is 36.4 Å². The Morgan fingerprint density at radius 2 is 1.86 bits per heavy atom. The molecule has 0 aliphatic heterocycles. The summed E-state index contributed by atoms with van der Waals surface area (Å²) >= 11 is 0. The first-order valence-corrected chi connectivity index (χ1v) is 9.08. The van der Waals surface area contributed by atoms with Gasteiger partial charge in [-0.3, -0.25) is 4.79 Å². The van der Waals surface area contributed by atoms with E-state index in [-0.39, 0.29) is 18.2 Å². The molecule has 1 heterocycles. The molecule has 1 N–H and O–H groups in total. The van der Waals surface area contributed by atoms with Gasteiger partial charge in [0.2, 0.25) is 0 Å². The number of rotatable bonds is 7. The van der Waals surface area contributed by atoms with Crippen LogP contribution in [0.25, 0.3) is 5.69 Å². The number of benzene rings is 2. The van der Waals surface area contributed by atoms with Gasteiger partial charge in [0.1, 0.15) is 11.4 Å². The van der Waals surface area contributed by atoms with Gasteiger partial charge in [0.05, 0.1) is 11.4 Å². The van der Waals surface area contributed by atoms with Gasteiger partial charge in [-0.1, -0.05) is 36.4 Å². The molecule has 5 nitrogen and oxygen atoms in total. The Hall–Kier alpha value is -3.22. The van der Waals surface area contributed by atoms with Gasteiger partial charge in [0.25, 0.3) is 5.91 Å². The van der Waals surface area contributed by atoms with E-state index in [9.17, 15) is 13.6 Å². The maximum atomic E-state index is 12.8. The Morgan fingerprint density at radius 1 is 1.14 bits per heavy atom. The van der Waals surface area contributed by atoms with Crippen molar-refractivity contribution in [2.75, 3.05) is 0 Å². The van der Waals surface area contributed by atoms with Crippen LogP contribution in [-0.2, 0) is 6.54 Å². The molecular formula is C21H19F2N3O2. The number of nitrogens with one attached hydrogen (secondary N) is 1. The Balaban J connectivity index is 1.56. The van der Waals surface area contributed by atoms with Crippen LogP contribution < -0.4 is 10.1 Å². The third-order valence-corrected chi connectivity index (χ3v) is 4.59. The molecule has 3 aromatic rings. The Morgan fingerprint density at radius 3 is 2.57 bits per heavy atom. The molecule has 1 saturated carbocycles. The fraction of sp³-hybridized carbons (Fsp3) is 0.238. The lowest BCUT2D eigenvalue weighted by Crippen LogP contribution is -2.25. The van der Waals surface area contributed by atoms with Crippen molar-refractivity contribution >= 4 is 5.91 Å². The molecule has 2 aromatic carbocycles. The number of para-hydroxylation sites is 2. The molecular weight excluding hydrogens is 364 g/mol. The minimum atomic E-state index is -2.92. The molecule has 0 bridgehead atoms. The van der Waals surface area contributed by atoms with Crippen LogP contribution in [-0.4, -0.2) is 22.3 Å². The molecule has 0 saturated heterocycles. The Labute approximate surface area is 160 Å². The Kier molecular flexibility index (Phi) is 5.06. The van der Waals surface area contributed by atoms with Crippen molar-refractivity contribution < 1.29 is 18.3 Å². The quantitative estimate of drug-likeness (QED) is 0.663. The molecule has 1 amide bonds. The normalized spacial score (nSPS) is 13.5. The van der Waals surface area contributed by atoms with Gasteiger partial charge < -0.3 is 10.1 Å². The molecule has 1 aromatic heterocycles. The second kappa shape index (κ2) is 7.80. The average Bonchev–Trinajstić information content (AvgIpc) is 3.45. The monoisotopic (exact) mass is 383 g/mol. The van der Waals surface area contributed by atoms with Crippen LogP contribution in [0.5, 0.6) is 5.75 Å². The number of nitrogens with zero attached hydrogens (tertiary/aromatic N) is 2. The lowest BCUT2D eigenvalue weighted by molar-refractivity contribution is -0.0504. The number of halogens is 2. The highest BCUT2D eigenvalue weighted by Crippen LogP contribution is 2.39. The van der Waals surface area contributed by atoms with Crippen molar-refractivity contribution in [1.82, 2.24) is 15.1 Å². The van der Waals surface area contributed by atoms with Crippen molar-refractivity contribution in [3.05, 3.63) is 77.6 Å². The molecule has 0 unspecified atom stereocenters. The van der Waals surface area contributed by atoms with Gasteiger partial charge >= 0.3 is 6.61 Å². The zero-order chi connectivity index (χ0) is 19.5. The van der Waals surface area contributed by atoms with Crippen LogP contribution >= 0.6 is 0 Å². The minimum absolute atomic E-state index is 0.0491. The van der Waals surface area contributed by atoms with E-state index in [4.69, 9.17) is 0 Å². The summed E-state index contributed by atoms with van der Waals surface area (Å²) in [4.78, 5) is 12.8. The standard InChI is InChI=1S/C21H19F2N3O2/c22-21(23)28-19-9-5-4-6-15(19)13-24-20(27)18-12-17(14-10-11-14)25-26(18)16-7-2-1-3-8-16/h1-9,12,14,21H,10-11,13H2,(H,24,27). The number of carbonyl (C=O) groups excluding carboxylic acids is 1. The van der Waals surface area contributed by atoms with E-state index in [0.717, 1.165) is 24.2 Å². The summed E-state index contributed by atoms with van der Waals surface area (Å²) in [7, 11) is 0. The Bertz CT molecular complexity index is 969. The van der Waals surface area contributed by atoms with E-state index in [0.29, 0.717) is 17.2 Å². The van der Waals surface area contributed by atoms with Gasteiger partial charge in [-0.25, -0.2) is 4.68 Å². The number of alkyl halides is 2. The maximum absolute atomic E-state index is 12.8. The van der Waals surface area contributed by atoms with Crippen molar-refractivity contribution in [3.63, 3.8) is 0 Å². The number of hydrogen-bond acceptors (Lipinski definition) is 3. The summed E-state index contributed by atoms with van der Waals surface area (Å²) in [6.45, 7) is -2.85. The summed E-state index contributed by atoms with van der Waals surface area (Å²) < 4.78 is 31.3. The number of amides is 1.